The fourth-order valence-electron chi connectivity index (χ4n) is 5.49. The van der Waals surface area contributed by atoms with Crippen LogP contribution in [0.1, 0.15) is 76.7 Å². The minimum atomic E-state index is -1.10. The number of nitrogens with zero attached hydrogens (tertiary/aromatic N) is 2. The number of nitrogens with one attached hydrogen (secondary N) is 2. The maximum atomic E-state index is 14.2. The molecule has 1 aromatic heterocycles. The van der Waals surface area contributed by atoms with Gasteiger partial charge in [-0.2, -0.15) is 0 Å². The minimum absolute atomic E-state index is 0.0595. The molecule has 0 spiro atoms. The molecule has 2 aliphatic rings. The van der Waals surface area contributed by atoms with Gasteiger partial charge in [-0.25, -0.2) is 4.39 Å². The summed E-state index contributed by atoms with van der Waals surface area (Å²) < 4.78 is 16.0. The van der Waals surface area contributed by atoms with Crippen LogP contribution in [-0.4, -0.2) is 45.3 Å². The third-order valence-electron chi connectivity index (χ3n) is 7.18. The van der Waals surface area contributed by atoms with Crippen molar-refractivity contribution in [3.05, 3.63) is 29.7 Å². The number of hydrogen-bond donors (Lipinski definition) is 2. The molecule has 0 bridgehead atoms. The summed E-state index contributed by atoms with van der Waals surface area (Å²) >= 11 is 0. The van der Waals surface area contributed by atoms with Gasteiger partial charge in [-0.1, -0.05) is 33.1 Å². The molecule has 1 saturated carbocycles. The SMILES string of the molecule is CC(=O)Nc1c2n(c3ccc(F)cc13)C[C@](C)(C(=O)NCCC(C)C)N(C1CCCCC1)C2=O. The molecule has 0 unspecified atom stereocenters. The Morgan fingerprint density at radius 3 is 2.56 bits per heavy atom. The second kappa shape index (κ2) is 9.39. The highest BCUT2D eigenvalue weighted by Gasteiger charge is 2.51. The van der Waals surface area contributed by atoms with E-state index in [1.807, 2.05) is 6.92 Å². The Labute approximate surface area is 200 Å². The Kier molecular flexibility index (Phi) is 6.69. The molecule has 0 radical (unpaired) electrons. The van der Waals surface area contributed by atoms with E-state index in [1.54, 1.807) is 15.5 Å². The predicted octanol–water partition coefficient (Wildman–Crippen LogP) is 4.45. The molecule has 184 valence electrons. The van der Waals surface area contributed by atoms with Gasteiger partial charge in [-0.15, -0.1) is 0 Å². The van der Waals surface area contributed by atoms with E-state index in [2.05, 4.69) is 24.5 Å². The van der Waals surface area contributed by atoms with Gasteiger partial charge in [0.25, 0.3) is 5.91 Å². The van der Waals surface area contributed by atoms with E-state index in [-0.39, 0.29) is 30.3 Å². The first-order chi connectivity index (χ1) is 16.1. The van der Waals surface area contributed by atoms with Gasteiger partial charge in [0.1, 0.15) is 17.1 Å². The summed E-state index contributed by atoms with van der Waals surface area (Å²) in [6, 6.07) is 4.23. The number of aromatic nitrogens is 1. The van der Waals surface area contributed by atoms with E-state index < -0.39 is 11.4 Å². The third kappa shape index (κ3) is 4.30. The van der Waals surface area contributed by atoms with E-state index >= 15 is 0 Å². The van der Waals surface area contributed by atoms with Crippen molar-refractivity contribution in [1.29, 1.82) is 0 Å². The first-order valence-corrected chi connectivity index (χ1v) is 12.3. The quantitative estimate of drug-likeness (QED) is 0.654. The van der Waals surface area contributed by atoms with Crippen LogP contribution in [0.4, 0.5) is 10.1 Å². The summed E-state index contributed by atoms with van der Waals surface area (Å²) in [5.41, 5.74) is 0.151. The van der Waals surface area contributed by atoms with Gasteiger partial charge in [0.05, 0.1) is 17.7 Å². The second-order valence-electron chi connectivity index (χ2n) is 10.3. The molecule has 1 atom stereocenters. The third-order valence-corrected chi connectivity index (χ3v) is 7.18. The lowest BCUT2D eigenvalue weighted by atomic mass is 9.86. The van der Waals surface area contributed by atoms with Gasteiger partial charge in [0, 0.05) is 24.9 Å². The summed E-state index contributed by atoms with van der Waals surface area (Å²) in [7, 11) is 0. The standard InChI is InChI=1S/C26H35FN4O3/c1-16(2)12-13-28-25(34)26(4)15-30-21-11-10-18(27)14-20(21)22(29-17(3)32)23(30)24(33)31(26)19-8-6-5-7-9-19/h10-11,14,16,19H,5-9,12-13,15H2,1-4H3,(H,28,34)(H,29,32)/t26-/m1/s1. The molecule has 8 heteroatoms. The van der Waals surface area contributed by atoms with Crippen LogP contribution < -0.4 is 10.6 Å². The van der Waals surface area contributed by atoms with Crippen LogP contribution in [0.15, 0.2) is 18.2 Å². The summed E-state index contributed by atoms with van der Waals surface area (Å²) in [4.78, 5) is 41.6. The van der Waals surface area contributed by atoms with Crippen molar-refractivity contribution >= 4 is 34.3 Å². The zero-order valence-corrected chi connectivity index (χ0v) is 20.5. The molecule has 2 heterocycles. The van der Waals surface area contributed by atoms with Crippen LogP contribution in [-0.2, 0) is 16.1 Å². The predicted molar refractivity (Wildman–Crippen MR) is 130 cm³/mol. The topological polar surface area (TPSA) is 83.4 Å². The number of amides is 3. The van der Waals surface area contributed by atoms with Crippen molar-refractivity contribution in [2.45, 2.75) is 84.3 Å². The molecule has 3 amide bonds. The molecule has 4 rings (SSSR count). The lowest BCUT2D eigenvalue weighted by molar-refractivity contribution is -0.134. The Balaban J connectivity index is 1.85. The number of benzene rings is 1. The van der Waals surface area contributed by atoms with Gasteiger partial charge < -0.3 is 20.1 Å². The number of anilines is 1. The molecule has 2 N–H and O–H groups in total. The van der Waals surface area contributed by atoms with Crippen molar-refractivity contribution < 1.29 is 18.8 Å². The largest absolute Gasteiger partial charge is 0.354 e. The van der Waals surface area contributed by atoms with Gasteiger partial charge in [-0.05, 0) is 50.3 Å². The van der Waals surface area contributed by atoms with E-state index in [1.165, 1.54) is 19.1 Å². The zero-order valence-electron chi connectivity index (χ0n) is 20.5. The summed E-state index contributed by atoms with van der Waals surface area (Å²) in [5.74, 6) is -0.808. The highest BCUT2D eigenvalue weighted by atomic mass is 19.1. The molecule has 1 fully saturated rings. The Bertz CT molecular complexity index is 1120. The monoisotopic (exact) mass is 470 g/mol. The van der Waals surface area contributed by atoms with Crippen LogP contribution in [0.25, 0.3) is 10.9 Å². The highest BCUT2D eigenvalue weighted by molar-refractivity contribution is 6.14. The molecular formula is C26H35FN4O3. The molecule has 1 aliphatic heterocycles. The Hall–Kier alpha value is -2.90. The van der Waals surface area contributed by atoms with Crippen molar-refractivity contribution in [3.8, 4) is 0 Å². The number of halogens is 1. The summed E-state index contributed by atoms with van der Waals surface area (Å²) in [5, 5.41) is 6.30. The van der Waals surface area contributed by atoms with Crippen molar-refractivity contribution in [2.24, 2.45) is 5.92 Å². The normalized spacial score (nSPS) is 21.1. The van der Waals surface area contributed by atoms with Crippen LogP contribution in [0.5, 0.6) is 0 Å². The van der Waals surface area contributed by atoms with E-state index in [4.69, 9.17) is 0 Å². The smallest absolute Gasteiger partial charge is 0.273 e. The van der Waals surface area contributed by atoms with Gasteiger partial charge in [-0.3, -0.25) is 14.4 Å². The van der Waals surface area contributed by atoms with Crippen molar-refractivity contribution in [3.63, 3.8) is 0 Å². The first-order valence-electron chi connectivity index (χ1n) is 12.3. The van der Waals surface area contributed by atoms with Gasteiger partial charge in [0.2, 0.25) is 11.8 Å². The molecule has 0 saturated heterocycles. The number of carbonyl (C=O) groups excluding carboxylic acids is 3. The van der Waals surface area contributed by atoms with Gasteiger partial charge >= 0.3 is 0 Å². The molecular weight excluding hydrogens is 435 g/mol. The Morgan fingerprint density at radius 2 is 1.91 bits per heavy atom. The minimum Gasteiger partial charge on any atom is -0.354 e. The number of hydrogen-bond acceptors (Lipinski definition) is 3. The number of rotatable bonds is 6. The molecule has 7 nitrogen and oxygen atoms in total. The fourth-order valence-corrected chi connectivity index (χ4v) is 5.49. The molecule has 2 aromatic rings. The van der Waals surface area contributed by atoms with E-state index in [0.29, 0.717) is 34.7 Å². The van der Waals surface area contributed by atoms with Crippen LogP contribution in [0.2, 0.25) is 0 Å². The van der Waals surface area contributed by atoms with E-state index in [0.717, 1.165) is 38.5 Å². The van der Waals surface area contributed by atoms with Crippen molar-refractivity contribution in [2.75, 3.05) is 11.9 Å². The van der Waals surface area contributed by atoms with Crippen LogP contribution in [0, 0.1) is 11.7 Å². The van der Waals surface area contributed by atoms with Crippen LogP contribution >= 0.6 is 0 Å². The summed E-state index contributed by atoms with van der Waals surface area (Å²) in [6.45, 7) is 8.19. The van der Waals surface area contributed by atoms with Gasteiger partial charge in [0.15, 0.2) is 0 Å². The average molecular weight is 471 g/mol. The maximum Gasteiger partial charge on any atom is 0.273 e. The first kappa shape index (κ1) is 24.2. The van der Waals surface area contributed by atoms with E-state index in [9.17, 15) is 18.8 Å². The average Bonchev–Trinajstić information content (AvgIpc) is 3.06. The highest BCUT2D eigenvalue weighted by Crippen LogP contribution is 2.41. The molecule has 1 aromatic carbocycles. The number of carbonyl (C=O) groups is 3. The van der Waals surface area contributed by atoms with Crippen molar-refractivity contribution in [1.82, 2.24) is 14.8 Å². The lowest BCUT2D eigenvalue weighted by Gasteiger charge is -2.49. The molecule has 1 aliphatic carbocycles. The number of fused-ring (bicyclic) bond motifs is 3. The lowest BCUT2D eigenvalue weighted by Crippen LogP contribution is -2.67. The molecule has 34 heavy (non-hydrogen) atoms. The second-order valence-corrected chi connectivity index (χ2v) is 10.3. The Morgan fingerprint density at radius 1 is 1.21 bits per heavy atom. The maximum absolute atomic E-state index is 14.2. The zero-order chi connectivity index (χ0) is 24.6. The summed E-state index contributed by atoms with van der Waals surface area (Å²) in [6.07, 6.45) is 5.66. The fraction of sp³-hybridized carbons (Fsp3) is 0.577. The van der Waals surface area contributed by atoms with Crippen LogP contribution in [0.3, 0.4) is 0 Å².